The Balaban J connectivity index is 1.31. The van der Waals surface area contributed by atoms with Crippen LogP contribution in [0, 0.1) is 19.7 Å². The molecule has 11 heteroatoms. The van der Waals surface area contributed by atoms with Crippen LogP contribution in [0.3, 0.4) is 0 Å². The Labute approximate surface area is 245 Å². The van der Waals surface area contributed by atoms with Crippen molar-refractivity contribution in [1.29, 1.82) is 0 Å². The molecule has 0 unspecified atom stereocenters. The minimum Gasteiger partial charge on any atom is -0.352 e. The van der Waals surface area contributed by atoms with E-state index in [-0.39, 0.29) is 17.3 Å². The molecule has 1 fully saturated rings. The van der Waals surface area contributed by atoms with E-state index in [1.165, 1.54) is 24.3 Å². The molecular weight excluding hydrogens is 560 g/mol. The van der Waals surface area contributed by atoms with Crippen molar-refractivity contribution in [1.82, 2.24) is 24.6 Å². The van der Waals surface area contributed by atoms with E-state index >= 15 is 0 Å². The van der Waals surface area contributed by atoms with E-state index < -0.39 is 11.7 Å². The lowest BCUT2D eigenvalue weighted by molar-refractivity contribution is -0.137. The Morgan fingerprint density at radius 3 is 2.12 bits per heavy atom. The molecule has 0 radical (unpaired) electrons. The number of hydrogen-bond donors (Lipinski definition) is 0. The van der Waals surface area contributed by atoms with Crippen molar-refractivity contribution < 1.29 is 22.4 Å². The fourth-order valence-corrected chi connectivity index (χ4v) is 5.27. The molecule has 5 aromatic rings. The molecule has 1 aliphatic heterocycles. The molecule has 1 amide bonds. The first-order chi connectivity index (χ1) is 20.6. The van der Waals surface area contributed by atoms with Gasteiger partial charge in [-0.15, -0.1) is 0 Å². The SMILES string of the molecule is Cc1ccc(Cc2nc(N3CCN(C(=O)c4ccc(C(F)(F)F)cc4)CC3)c3c(C)nn(-c4ccc(F)cc4)c3n2)cc1. The van der Waals surface area contributed by atoms with Gasteiger partial charge in [-0.2, -0.15) is 18.3 Å². The number of anilines is 1. The number of piperazine rings is 1. The molecule has 0 spiro atoms. The minimum atomic E-state index is -4.46. The van der Waals surface area contributed by atoms with Crippen LogP contribution in [0.4, 0.5) is 23.4 Å². The van der Waals surface area contributed by atoms with Gasteiger partial charge in [-0.3, -0.25) is 4.79 Å². The van der Waals surface area contributed by atoms with Crippen molar-refractivity contribution in [2.24, 2.45) is 0 Å². The Morgan fingerprint density at radius 1 is 0.837 bits per heavy atom. The van der Waals surface area contributed by atoms with Crippen LogP contribution in [0.2, 0.25) is 0 Å². The Morgan fingerprint density at radius 2 is 1.49 bits per heavy atom. The second-order valence-corrected chi connectivity index (χ2v) is 10.7. The number of benzene rings is 3. The first kappa shape index (κ1) is 28.3. The van der Waals surface area contributed by atoms with Gasteiger partial charge in [0.2, 0.25) is 0 Å². The van der Waals surface area contributed by atoms with Crippen LogP contribution in [0.15, 0.2) is 72.8 Å². The standard InChI is InChI=1S/C32H28F4N6O/c1-20-3-5-22(6-4-20)19-27-37-29(28-21(2)39-42(30(28)38-27)26-13-11-25(33)12-14-26)40-15-17-41(18-16-40)31(43)23-7-9-24(10-8-23)32(34,35)36/h3-14H,15-19H2,1-2H3. The van der Waals surface area contributed by atoms with E-state index in [2.05, 4.69) is 4.90 Å². The fourth-order valence-electron chi connectivity index (χ4n) is 5.27. The molecule has 43 heavy (non-hydrogen) atoms. The number of hydrogen-bond acceptors (Lipinski definition) is 5. The lowest BCUT2D eigenvalue weighted by Gasteiger charge is -2.36. The Bertz CT molecular complexity index is 1770. The van der Waals surface area contributed by atoms with Crippen molar-refractivity contribution in [3.8, 4) is 5.69 Å². The van der Waals surface area contributed by atoms with Crippen molar-refractivity contribution >= 4 is 22.8 Å². The predicted molar refractivity (Wildman–Crippen MR) is 155 cm³/mol. The fraction of sp³-hybridized carbons (Fsp3) is 0.250. The molecule has 0 atom stereocenters. The molecular formula is C32H28F4N6O. The van der Waals surface area contributed by atoms with E-state index in [0.29, 0.717) is 61.3 Å². The molecule has 2 aromatic heterocycles. The minimum absolute atomic E-state index is 0.211. The van der Waals surface area contributed by atoms with Crippen LogP contribution in [0.1, 0.15) is 38.6 Å². The second kappa shape index (κ2) is 11.1. The molecule has 1 aliphatic rings. The second-order valence-electron chi connectivity index (χ2n) is 10.7. The smallest absolute Gasteiger partial charge is 0.352 e. The summed E-state index contributed by atoms with van der Waals surface area (Å²) in [6.07, 6.45) is -3.97. The first-order valence-corrected chi connectivity index (χ1v) is 13.9. The van der Waals surface area contributed by atoms with Gasteiger partial charge in [0.05, 0.1) is 22.3 Å². The number of alkyl halides is 3. The summed E-state index contributed by atoms with van der Waals surface area (Å²) < 4.78 is 54.3. The van der Waals surface area contributed by atoms with Crippen LogP contribution in [-0.2, 0) is 12.6 Å². The molecule has 220 valence electrons. The first-order valence-electron chi connectivity index (χ1n) is 13.9. The Kier molecular flexibility index (Phi) is 7.33. The number of rotatable bonds is 5. The zero-order valence-electron chi connectivity index (χ0n) is 23.6. The number of aryl methyl sites for hydroxylation is 2. The maximum Gasteiger partial charge on any atom is 0.416 e. The predicted octanol–water partition coefficient (Wildman–Crippen LogP) is 6.14. The quantitative estimate of drug-likeness (QED) is 0.231. The van der Waals surface area contributed by atoms with E-state index in [0.717, 1.165) is 28.6 Å². The number of carbonyl (C=O) groups is 1. The van der Waals surface area contributed by atoms with Crippen LogP contribution < -0.4 is 4.90 Å². The highest BCUT2D eigenvalue weighted by Gasteiger charge is 2.31. The van der Waals surface area contributed by atoms with Crippen LogP contribution in [0.5, 0.6) is 0 Å². The van der Waals surface area contributed by atoms with Gasteiger partial charge in [-0.25, -0.2) is 19.0 Å². The summed E-state index contributed by atoms with van der Waals surface area (Å²) >= 11 is 0. The van der Waals surface area contributed by atoms with Gasteiger partial charge in [-0.05, 0) is 67.9 Å². The molecule has 3 heterocycles. The number of amides is 1. The van der Waals surface area contributed by atoms with Crippen LogP contribution >= 0.6 is 0 Å². The zero-order chi connectivity index (χ0) is 30.3. The van der Waals surface area contributed by atoms with E-state index in [1.54, 1.807) is 21.7 Å². The van der Waals surface area contributed by atoms with E-state index in [9.17, 15) is 22.4 Å². The normalized spacial score (nSPS) is 14.0. The van der Waals surface area contributed by atoms with Crippen molar-refractivity contribution in [3.63, 3.8) is 0 Å². The van der Waals surface area contributed by atoms with E-state index in [1.807, 2.05) is 38.1 Å². The van der Waals surface area contributed by atoms with Gasteiger partial charge >= 0.3 is 6.18 Å². The molecule has 0 N–H and O–H groups in total. The topological polar surface area (TPSA) is 67.2 Å². The summed E-state index contributed by atoms with van der Waals surface area (Å²) in [6, 6.07) is 18.5. The lowest BCUT2D eigenvalue weighted by atomic mass is 10.1. The molecule has 0 bridgehead atoms. The number of halogens is 4. The summed E-state index contributed by atoms with van der Waals surface area (Å²) in [7, 11) is 0. The highest BCUT2D eigenvalue weighted by atomic mass is 19.4. The third-order valence-electron chi connectivity index (χ3n) is 7.61. The van der Waals surface area contributed by atoms with Gasteiger partial charge in [0.15, 0.2) is 5.65 Å². The summed E-state index contributed by atoms with van der Waals surface area (Å²) in [5.74, 6) is 0.620. The van der Waals surface area contributed by atoms with Gasteiger partial charge in [0, 0.05) is 38.2 Å². The molecule has 0 saturated carbocycles. The monoisotopic (exact) mass is 588 g/mol. The van der Waals surface area contributed by atoms with Crippen LogP contribution in [0.25, 0.3) is 16.7 Å². The van der Waals surface area contributed by atoms with Gasteiger partial charge in [0.1, 0.15) is 17.5 Å². The third kappa shape index (κ3) is 5.79. The van der Waals surface area contributed by atoms with Crippen molar-refractivity contribution in [3.05, 3.63) is 112 Å². The summed E-state index contributed by atoms with van der Waals surface area (Å²) in [4.78, 5) is 26.7. The maximum absolute atomic E-state index is 13.7. The molecule has 6 rings (SSSR count). The summed E-state index contributed by atoms with van der Waals surface area (Å²) in [5, 5.41) is 5.50. The molecule has 3 aromatic carbocycles. The molecule has 0 aliphatic carbocycles. The summed E-state index contributed by atoms with van der Waals surface area (Å²) in [6.45, 7) is 5.55. The highest BCUT2D eigenvalue weighted by molar-refractivity contribution is 5.95. The molecule has 1 saturated heterocycles. The average Bonchev–Trinajstić information content (AvgIpc) is 3.33. The zero-order valence-corrected chi connectivity index (χ0v) is 23.6. The highest BCUT2D eigenvalue weighted by Crippen LogP contribution is 2.31. The number of carbonyl (C=O) groups excluding carboxylic acids is 1. The molecule has 7 nitrogen and oxygen atoms in total. The number of aromatic nitrogens is 4. The van der Waals surface area contributed by atoms with E-state index in [4.69, 9.17) is 15.1 Å². The van der Waals surface area contributed by atoms with Gasteiger partial charge in [-0.1, -0.05) is 29.8 Å². The number of fused-ring (bicyclic) bond motifs is 1. The number of nitrogens with zero attached hydrogens (tertiary/aromatic N) is 6. The third-order valence-corrected chi connectivity index (χ3v) is 7.61. The van der Waals surface area contributed by atoms with Crippen LogP contribution in [-0.4, -0.2) is 56.7 Å². The van der Waals surface area contributed by atoms with Gasteiger partial charge in [0.25, 0.3) is 5.91 Å². The average molecular weight is 589 g/mol. The van der Waals surface area contributed by atoms with Gasteiger partial charge < -0.3 is 9.80 Å². The van der Waals surface area contributed by atoms with Crippen molar-refractivity contribution in [2.75, 3.05) is 31.1 Å². The maximum atomic E-state index is 13.7. The lowest BCUT2D eigenvalue weighted by Crippen LogP contribution is -2.49. The van der Waals surface area contributed by atoms with Crippen molar-refractivity contribution in [2.45, 2.75) is 26.4 Å². The Hall–Kier alpha value is -4.80. The largest absolute Gasteiger partial charge is 0.416 e. The summed E-state index contributed by atoms with van der Waals surface area (Å²) in [5.41, 5.74) is 3.58.